The fraction of sp³-hybridized carbons (Fsp3) is 0.615. The first-order valence-corrected chi connectivity index (χ1v) is 6.63. The van der Waals surface area contributed by atoms with Gasteiger partial charge in [0.15, 0.2) is 0 Å². The van der Waals surface area contributed by atoms with Gasteiger partial charge in [0, 0.05) is 39.9 Å². The maximum atomic E-state index is 12.0. The van der Waals surface area contributed by atoms with Crippen molar-refractivity contribution >= 4 is 5.91 Å². The zero-order valence-electron chi connectivity index (χ0n) is 11.7. The highest BCUT2D eigenvalue weighted by Crippen LogP contribution is 2.15. The number of carbonyl (C=O) groups is 1. The second-order valence-corrected chi connectivity index (χ2v) is 5.04. The molecular weight excluding hydrogens is 262 g/mol. The first kappa shape index (κ1) is 14.5. The Kier molecular flexibility index (Phi) is 4.39. The van der Waals surface area contributed by atoms with Gasteiger partial charge in [0.25, 0.3) is 11.5 Å². The molecule has 0 aliphatic carbocycles. The molecule has 2 heterocycles. The predicted octanol–water partition coefficient (Wildman–Crippen LogP) is -0.760. The smallest absolute Gasteiger partial charge is 0.331 e. The Morgan fingerprint density at radius 3 is 2.80 bits per heavy atom. The number of aromatic nitrogens is 2. The summed E-state index contributed by atoms with van der Waals surface area (Å²) in [6, 6.07) is 1.18. The average molecular weight is 281 g/mol. The van der Waals surface area contributed by atoms with E-state index in [0.717, 1.165) is 30.6 Å². The second-order valence-electron chi connectivity index (χ2n) is 5.04. The second kappa shape index (κ2) is 6.04. The molecule has 0 aromatic carbocycles. The van der Waals surface area contributed by atoms with E-state index in [2.05, 4.69) is 5.32 Å². The van der Waals surface area contributed by atoms with Crippen molar-refractivity contribution in [2.45, 2.75) is 12.8 Å². The minimum Gasteiger partial charge on any atom is -0.381 e. The molecule has 1 saturated heterocycles. The van der Waals surface area contributed by atoms with Crippen LogP contribution in [0.25, 0.3) is 0 Å². The van der Waals surface area contributed by atoms with Gasteiger partial charge in [0.05, 0.1) is 0 Å². The highest BCUT2D eigenvalue weighted by Gasteiger charge is 2.17. The van der Waals surface area contributed by atoms with Gasteiger partial charge < -0.3 is 10.1 Å². The Morgan fingerprint density at radius 2 is 2.15 bits per heavy atom. The summed E-state index contributed by atoms with van der Waals surface area (Å²) in [5.41, 5.74) is -0.907. The van der Waals surface area contributed by atoms with E-state index in [0.29, 0.717) is 12.5 Å². The molecule has 1 N–H and O–H groups in total. The van der Waals surface area contributed by atoms with Gasteiger partial charge in [-0.25, -0.2) is 4.79 Å². The third-order valence-corrected chi connectivity index (χ3v) is 3.62. The van der Waals surface area contributed by atoms with Crippen molar-refractivity contribution in [3.8, 4) is 0 Å². The van der Waals surface area contributed by atoms with Crippen LogP contribution in [-0.2, 0) is 18.8 Å². The lowest BCUT2D eigenvalue weighted by atomic mass is 10.1. The van der Waals surface area contributed by atoms with E-state index in [9.17, 15) is 14.4 Å². The van der Waals surface area contributed by atoms with E-state index >= 15 is 0 Å². The number of hydrogen-bond donors (Lipinski definition) is 1. The van der Waals surface area contributed by atoms with Crippen LogP contribution in [0.3, 0.4) is 0 Å². The SMILES string of the molecule is Cn1c(C(=O)NCCC2CCOC2)cc(=O)n(C)c1=O. The van der Waals surface area contributed by atoms with Crippen molar-refractivity contribution in [3.63, 3.8) is 0 Å². The molecule has 0 bridgehead atoms. The Balaban J connectivity index is 2.02. The first-order valence-electron chi connectivity index (χ1n) is 6.63. The number of carbonyl (C=O) groups excluding carboxylic acids is 1. The van der Waals surface area contributed by atoms with Crippen LogP contribution in [0.2, 0.25) is 0 Å². The molecule has 1 fully saturated rings. The summed E-state index contributed by atoms with van der Waals surface area (Å²) in [5.74, 6) is 0.0731. The van der Waals surface area contributed by atoms with Crippen molar-refractivity contribution < 1.29 is 9.53 Å². The minimum atomic E-state index is -0.508. The zero-order valence-corrected chi connectivity index (χ0v) is 11.7. The summed E-state index contributed by atoms with van der Waals surface area (Å²) in [6.07, 6.45) is 1.85. The molecule has 20 heavy (non-hydrogen) atoms. The molecule has 1 amide bonds. The average Bonchev–Trinajstić information content (AvgIpc) is 2.93. The minimum absolute atomic E-state index is 0.0840. The molecule has 1 aromatic heterocycles. The number of ether oxygens (including phenoxy) is 1. The fourth-order valence-electron chi connectivity index (χ4n) is 2.24. The fourth-order valence-corrected chi connectivity index (χ4v) is 2.24. The molecule has 0 radical (unpaired) electrons. The lowest BCUT2D eigenvalue weighted by Crippen LogP contribution is -2.41. The highest BCUT2D eigenvalue weighted by molar-refractivity contribution is 5.92. The standard InChI is InChI=1S/C13H19N3O4/c1-15-10(7-11(17)16(2)13(15)19)12(18)14-5-3-9-4-6-20-8-9/h7,9H,3-6,8H2,1-2H3,(H,14,18). The number of nitrogens with one attached hydrogen (secondary N) is 1. The van der Waals surface area contributed by atoms with Crippen LogP contribution < -0.4 is 16.6 Å². The summed E-state index contributed by atoms with van der Waals surface area (Å²) in [7, 11) is 2.86. The highest BCUT2D eigenvalue weighted by atomic mass is 16.5. The molecule has 1 aliphatic heterocycles. The van der Waals surface area contributed by atoms with Crippen LogP contribution in [0, 0.1) is 5.92 Å². The number of hydrogen-bond acceptors (Lipinski definition) is 4. The molecule has 0 saturated carbocycles. The molecule has 2 rings (SSSR count). The van der Waals surface area contributed by atoms with Gasteiger partial charge in [-0.2, -0.15) is 0 Å². The normalized spacial score (nSPS) is 18.2. The van der Waals surface area contributed by atoms with Crippen LogP contribution in [-0.4, -0.2) is 34.8 Å². The molecule has 7 heteroatoms. The lowest BCUT2D eigenvalue weighted by Gasteiger charge is -2.11. The quantitative estimate of drug-likeness (QED) is 0.786. The van der Waals surface area contributed by atoms with E-state index in [4.69, 9.17) is 4.74 Å². The lowest BCUT2D eigenvalue weighted by molar-refractivity contribution is 0.0940. The van der Waals surface area contributed by atoms with Crippen LogP contribution >= 0.6 is 0 Å². The van der Waals surface area contributed by atoms with Gasteiger partial charge >= 0.3 is 5.69 Å². The van der Waals surface area contributed by atoms with E-state index in [1.165, 1.54) is 24.7 Å². The Bertz CT molecular complexity index is 611. The number of amides is 1. The van der Waals surface area contributed by atoms with Crippen LogP contribution in [0.4, 0.5) is 0 Å². The van der Waals surface area contributed by atoms with Crippen LogP contribution in [0.1, 0.15) is 23.3 Å². The molecule has 1 aromatic rings. The van der Waals surface area contributed by atoms with Gasteiger partial charge in [-0.1, -0.05) is 0 Å². The Morgan fingerprint density at radius 1 is 1.40 bits per heavy atom. The van der Waals surface area contributed by atoms with E-state index in [1.54, 1.807) is 0 Å². The maximum Gasteiger partial charge on any atom is 0.331 e. The van der Waals surface area contributed by atoms with Crippen molar-refractivity contribution in [2.75, 3.05) is 19.8 Å². The van der Waals surface area contributed by atoms with Crippen LogP contribution in [0.5, 0.6) is 0 Å². The molecule has 0 spiro atoms. The van der Waals surface area contributed by atoms with Crippen molar-refractivity contribution in [1.82, 2.24) is 14.5 Å². The van der Waals surface area contributed by atoms with Crippen molar-refractivity contribution in [3.05, 3.63) is 32.6 Å². The first-order chi connectivity index (χ1) is 9.50. The van der Waals surface area contributed by atoms with Gasteiger partial charge in [0.1, 0.15) is 5.69 Å². The van der Waals surface area contributed by atoms with E-state index < -0.39 is 17.2 Å². The predicted molar refractivity (Wildman–Crippen MR) is 72.8 cm³/mol. The largest absolute Gasteiger partial charge is 0.381 e. The molecule has 1 aliphatic rings. The summed E-state index contributed by atoms with van der Waals surface area (Å²) < 4.78 is 7.40. The van der Waals surface area contributed by atoms with E-state index in [-0.39, 0.29) is 5.69 Å². The van der Waals surface area contributed by atoms with E-state index in [1.807, 2.05) is 0 Å². The Labute approximate surface area is 116 Å². The zero-order chi connectivity index (χ0) is 14.7. The Hall–Kier alpha value is -1.89. The maximum absolute atomic E-state index is 12.0. The van der Waals surface area contributed by atoms with Gasteiger partial charge in [-0.05, 0) is 18.8 Å². The monoisotopic (exact) mass is 281 g/mol. The summed E-state index contributed by atoms with van der Waals surface area (Å²) in [6.45, 7) is 2.03. The number of rotatable bonds is 4. The molecular formula is C13H19N3O4. The van der Waals surface area contributed by atoms with Gasteiger partial charge in [0.2, 0.25) is 0 Å². The third kappa shape index (κ3) is 2.98. The topological polar surface area (TPSA) is 82.3 Å². The van der Waals surface area contributed by atoms with Gasteiger partial charge in [-0.15, -0.1) is 0 Å². The van der Waals surface area contributed by atoms with Crippen molar-refractivity contribution in [2.24, 2.45) is 20.0 Å². The summed E-state index contributed by atoms with van der Waals surface area (Å²) >= 11 is 0. The summed E-state index contributed by atoms with van der Waals surface area (Å²) in [5, 5.41) is 2.74. The van der Waals surface area contributed by atoms with Crippen LogP contribution in [0.15, 0.2) is 15.7 Å². The molecule has 1 unspecified atom stereocenters. The van der Waals surface area contributed by atoms with Gasteiger partial charge in [-0.3, -0.25) is 18.7 Å². The summed E-state index contributed by atoms with van der Waals surface area (Å²) in [4.78, 5) is 35.3. The number of nitrogens with zero attached hydrogens (tertiary/aromatic N) is 2. The third-order valence-electron chi connectivity index (χ3n) is 3.62. The molecule has 1 atom stereocenters. The molecule has 7 nitrogen and oxygen atoms in total. The van der Waals surface area contributed by atoms with Crippen molar-refractivity contribution in [1.29, 1.82) is 0 Å². The molecule has 110 valence electrons.